The quantitative estimate of drug-likeness (QED) is 0.729. The van der Waals surface area contributed by atoms with E-state index in [1.54, 1.807) is 5.56 Å². The summed E-state index contributed by atoms with van der Waals surface area (Å²) in [6, 6.07) is 6.98. The molecule has 1 aliphatic heterocycles. The van der Waals surface area contributed by atoms with Crippen LogP contribution < -0.4 is 0 Å². The predicted octanol–water partition coefficient (Wildman–Crippen LogP) is 5.08. The highest BCUT2D eigenvalue weighted by atomic mass is 15.2. The summed E-state index contributed by atoms with van der Waals surface area (Å²) in [5, 5.41) is 0. The second kappa shape index (κ2) is 6.25. The highest BCUT2D eigenvalue weighted by Gasteiger charge is 2.29. The van der Waals surface area contributed by atoms with Gasteiger partial charge in [-0.05, 0) is 42.2 Å². The minimum atomic E-state index is 0.233. The molecule has 0 amide bonds. The molecule has 1 nitrogen and oxygen atoms in total. The molecule has 1 aliphatic rings. The Kier molecular flexibility index (Phi) is 4.81. The van der Waals surface area contributed by atoms with Crippen LogP contribution in [0.3, 0.4) is 0 Å². The number of likely N-dealkylation sites (tertiary alicyclic amines) is 1. The third-order valence-corrected chi connectivity index (χ3v) is 4.52. The Balaban J connectivity index is 2.01. The van der Waals surface area contributed by atoms with Gasteiger partial charge in [0.25, 0.3) is 0 Å². The molecule has 1 fully saturated rings. The fourth-order valence-corrected chi connectivity index (χ4v) is 3.28. The van der Waals surface area contributed by atoms with E-state index in [9.17, 15) is 0 Å². The van der Waals surface area contributed by atoms with Crippen LogP contribution in [0.1, 0.15) is 57.2 Å². The van der Waals surface area contributed by atoms with Crippen LogP contribution in [-0.4, -0.2) is 18.0 Å². The van der Waals surface area contributed by atoms with Gasteiger partial charge in [-0.25, -0.2) is 0 Å². The Labute approximate surface area is 131 Å². The summed E-state index contributed by atoms with van der Waals surface area (Å²) >= 11 is 0. The summed E-state index contributed by atoms with van der Waals surface area (Å²) in [4.78, 5) is 2.46. The normalized spacial score (nSPS) is 16.0. The van der Waals surface area contributed by atoms with Crippen molar-refractivity contribution in [2.24, 2.45) is 5.92 Å². The molecule has 0 radical (unpaired) electrons. The third-order valence-electron chi connectivity index (χ3n) is 4.52. The summed E-state index contributed by atoms with van der Waals surface area (Å²) in [5.74, 6) is 0.794. The maximum atomic E-state index is 4.20. The molecule has 1 aromatic rings. The Morgan fingerprint density at radius 3 is 2.52 bits per heavy atom. The van der Waals surface area contributed by atoms with Gasteiger partial charge >= 0.3 is 0 Å². The fraction of sp³-hybridized carbons (Fsp3) is 0.600. The molecule has 0 unspecified atom stereocenters. The number of allylic oxidation sites excluding steroid dienone is 1. The fourth-order valence-electron chi connectivity index (χ4n) is 3.28. The van der Waals surface area contributed by atoms with Gasteiger partial charge in [0.1, 0.15) is 0 Å². The number of benzene rings is 1. The van der Waals surface area contributed by atoms with Gasteiger partial charge in [0, 0.05) is 18.8 Å². The van der Waals surface area contributed by atoms with Crippen LogP contribution in [0.15, 0.2) is 30.5 Å². The Bertz CT molecular complexity index is 501. The second-order valence-electron chi connectivity index (χ2n) is 7.70. The number of hydrogen-bond acceptors (Lipinski definition) is 1. The van der Waals surface area contributed by atoms with E-state index < -0.39 is 0 Å². The molecule has 0 spiro atoms. The second-order valence-corrected chi connectivity index (χ2v) is 7.70. The molecule has 0 aliphatic carbocycles. The molecular weight excluding hydrogens is 254 g/mol. The van der Waals surface area contributed by atoms with E-state index in [1.807, 2.05) is 0 Å². The van der Waals surface area contributed by atoms with Gasteiger partial charge < -0.3 is 4.90 Å². The van der Waals surface area contributed by atoms with Crippen LogP contribution in [0.2, 0.25) is 0 Å². The monoisotopic (exact) mass is 285 g/mol. The lowest BCUT2D eigenvalue weighted by Crippen LogP contribution is -2.46. The van der Waals surface area contributed by atoms with Gasteiger partial charge in [-0.2, -0.15) is 0 Å². The van der Waals surface area contributed by atoms with Crippen molar-refractivity contribution in [1.82, 2.24) is 4.90 Å². The molecule has 0 N–H and O–H groups in total. The van der Waals surface area contributed by atoms with Gasteiger partial charge in [0.15, 0.2) is 0 Å². The van der Waals surface area contributed by atoms with Gasteiger partial charge in [-0.15, -0.1) is 0 Å². The van der Waals surface area contributed by atoms with Crippen LogP contribution in [0.4, 0.5) is 0 Å². The molecule has 1 saturated heterocycles. The molecule has 0 saturated carbocycles. The summed E-state index contributed by atoms with van der Waals surface area (Å²) in [5.41, 5.74) is 5.99. The van der Waals surface area contributed by atoms with Crippen molar-refractivity contribution < 1.29 is 0 Å². The van der Waals surface area contributed by atoms with Crippen molar-refractivity contribution in [3.05, 3.63) is 47.2 Å². The van der Waals surface area contributed by atoms with E-state index in [0.29, 0.717) is 0 Å². The molecule has 116 valence electrons. The van der Waals surface area contributed by atoms with Crippen molar-refractivity contribution in [3.8, 4) is 0 Å². The predicted molar refractivity (Wildman–Crippen MR) is 92.7 cm³/mol. The Morgan fingerprint density at radius 1 is 1.29 bits per heavy atom. The van der Waals surface area contributed by atoms with Crippen molar-refractivity contribution in [3.63, 3.8) is 0 Å². The van der Waals surface area contributed by atoms with Crippen molar-refractivity contribution >= 4 is 0 Å². The summed E-state index contributed by atoms with van der Waals surface area (Å²) in [6.07, 6.45) is 3.55. The molecule has 0 atom stereocenters. The molecule has 1 heterocycles. The van der Waals surface area contributed by atoms with Crippen LogP contribution in [0, 0.1) is 12.8 Å². The minimum absolute atomic E-state index is 0.233. The van der Waals surface area contributed by atoms with E-state index in [0.717, 1.165) is 12.3 Å². The summed E-state index contributed by atoms with van der Waals surface area (Å²) < 4.78 is 0. The van der Waals surface area contributed by atoms with E-state index in [2.05, 4.69) is 64.3 Å². The number of nitrogens with zero attached hydrogens (tertiary/aromatic N) is 1. The molecule has 21 heavy (non-hydrogen) atoms. The molecular formula is C20H31N. The van der Waals surface area contributed by atoms with Crippen LogP contribution >= 0.6 is 0 Å². The minimum Gasteiger partial charge on any atom is -0.375 e. The maximum Gasteiger partial charge on any atom is 0.0223 e. The lowest BCUT2D eigenvalue weighted by atomic mass is 9.79. The SMILES string of the molecule is C=C(CCC)N1CC(Cc2ccc(C)cc2C(C)(C)C)C1. The molecule has 1 heteroatoms. The van der Waals surface area contributed by atoms with E-state index in [-0.39, 0.29) is 5.41 Å². The van der Waals surface area contributed by atoms with Gasteiger partial charge in [-0.3, -0.25) is 0 Å². The topological polar surface area (TPSA) is 3.24 Å². The highest BCUT2D eigenvalue weighted by molar-refractivity contribution is 5.37. The van der Waals surface area contributed by atoms with Gasteiger partial charge in [-0.1, -0.05) is 64.5 Å². The highest BCUT2D eigenvalue weighted by Crippen LogP contribution is 2.31. The first kappa shape index (κ1) is 16.1. The average molecular weight is 285 g/mol. The summed E-state index contributed by atoms with van der Waals surface area (Å²) in [6.45, 7) is 18.0. The number of aryl methyl sites for hydroxylation is 1. The first-order chi connectivity index (χ1) is 9.81. The van der Waals surface area contributed by atoms with Crippen molar-refractivity contribution in [1.29, 1.82) is 0 Å². The molecule has 0 bridgehead atoms. The Morgan fingerprint density at radius 2 is 1.95 bits per heavy atom. The zero-order valence-electron chi connectivity index (χ0n) is 14.5. The standard InChI is InChI=1S/C20H31N/c1-7-8-16(3)21-13-17(14-21)12-18-10-9-15(2)11-19(18)20(4,5)6/h9-11,17H,3,7-8,12-14H2,1-2,4-6H3. The van der Waals surface area contributed by atoms with Gasteiger partial charge in [0.05, 0.1) is 0 Å². The van der Waals surface area contributed by atoms with Crippen molar-refractivity contribution in [2.75, 3.05) is 13.1 Å². The van der Waals surface area contributed by atoms with Crippen LogP contribution in [0.25, 0.3) is 0 Å². The number of rotatable bonds is 5. The molecule has 1 aromatic carbocycles. The molecule has 0 aromatic heterocycles. The average Bonchev–Trinajstić information content (AvgIpc) is 2.33. The zero-order chi connectivity index (χ0) is 15.6. The van der Waals surface area contributed by atoms with Crippen LogP contribution in [0.5, 0.6) is 0 Å². The molecule has 2 rings (SSSR count). The third kappa shape index (κ3) is 3.90. The lowest BCUT2D eigenvalue weighted by molar-refractivity contribution is 0.138. The first-order valence-electron chi connectivity index (χ1n) is 8.34. The summed E-state index contributed by atoms with van der Waals surface area (Å²) in [7, 11) is 0. The maximum absolute atomic E-state index is 4.20. The smallest absolute Gasteiger partial charge is 0.0223 e. The number of hydrogen-bond donors (Lipinski definition) is 0. The van der Waals surface area contributed by atoms with Crippen molar-refractivity contribution in [2.45, 2.75) is 59.3 Å². The van der Waals surface area contributed by atoms with Crippen LogP contribution in [-0.2, 0) is 11.8 Å². The zero-order valence-corrected chi connectivity index (χ0v) is 14.5. The van der Waals surface area contributed by atoms with Gasteiger partial charge in [0.2, 0.25) is 0 Å². The van der Waals surface area contributed by atoms with E-state index >= 15 is 0 Å². The first-order valence-corrected chi connectivity index (χ1v) is 8.34. The largest absolute Gasteiger partial charge is 0.375 e. The lowest BCUT2D eigenvalue weighted by Gasteiger charge is -2.43. The van der Waals surface area contributed by atoms with E-state index in [4.69, 9.17) is 0 Å². The van der Waals surface area contributed by atoms with E-state index in [1.165, 1.54) is 42.8 Å². The Hall–Kier alpha value is -1.24.